The first-order valence-electron chi connectivity index (χ1n) is 11.2. The number of benzene rings is 2. The quantitative estimate of drug-likeness (QED) is 0.370. The zero-order chi connectivity index (χ0) is 24.5. The van der Waals surface area contributed by atoms with Crippen LogP contribution < -0.4 is 15.7 Å². The summed E-state index contributed by atoms with van der Waals surface area (Å²) in [6.07, 6.45) is 2.54. The van der Waals surface area contributed by atoms with Crippen molar-refractivity contribution < 1.29 is 23.8 Å². The maximum atomic E-state index is 12.5. The van der Waals surface area contributed by atoms with E-state index in [2.05, 4.69) is 12.2 Å². The Kier molecular flexibility index (Phi) is 9.16. The Hall–Kier alpha value is -3.26. The summed E-state index contributed by atoms with van der Waals surface area (Å²) < 4.78 is 11.2. The number of nitrogens with one attached hydrogen (secondary N) is 1. The lowest BCUT2D eigenvalue weighted by atomic mass is 10.0. The minimum atomic E-state index is -1.10. The van der Waals surface area contributed by atoms with Crippen molar-refractivity contribution in [3.05, 3.63) is 75.6 Å². The molecule has 3 rings (SSSR count). The van der Waals surface area contributed by atoms with Crippen molar-refractivity contribution in [1.82, 2.24) is 5.32 Å². The van der Waals surface area contributed by atoms with Gasteiger partial charge in [0.15, 0.2) is 6.61 Å². The van der Waals surface area contributed by atoms with Crippen LogP contribution in [0.1, 0.15) is 36.5 Å². The number of carbonyl (C=O) groups is 2. The molecule has 1 aromatic heterocycles. The Balaban J connectivity index is 1.67. The summed E-state index contributed by atoms with van der Waals surface area (Å²) in [4.78, 5) is 36.1. The summed E-state index contributed by atoms with van der Waals surface area (Å²) in [7, 11) is 0. The van der Waals surface area contributed by atoms with E-state index in [9.17, 15) is 19.5 Å². The molecule has 0 radical (unpaired) electrons. The van der Waals surface area contributed by atoms with Crippen LogP contribution in [0.25, 0.3) is 11.0 Å². The molecule has 0 saturated heterocycles. The van der Waals surface area contributed by atoms with Gasteiger partial charge in [-0.15, -0.1) is 0 Å². The second kappa shape index (κ2) is 12.3. The number of aryl methyl sites for hydroxylation is 2. The van der Waals surface area contributed by atoms with E-state index in [1.54, 1.807) is 12.1 Å². The molecule has 7 nitrogen and oxygen atoms in total. The van der Waals surface area contributed by atoms with Crippen LogP contribution in [0, 0.1) is 6.92 Å². The smallest absolute Gasteiger partial charge is 0.336 e. The van der Waals surface area contributed by atoms with Gasteiger partial charge in [-0.05, 0) is 48.6 Å². The summed E-state index contributed by atoms with van der Waals surface area (Å²) in [6.45, 7) is 3.56. The van der Waals surface area contributed by atoms with E-state index in [0.29, 0.717) is 28.9 Å². The van der Waals surface area contributed by atoms with Gasteiger partial charge in [0.1, 0.15) is 17.4 Å². The summed E-state index contributed by atoms with van der Waals surface area (Å²) >= 11 is 1.44. The van der Waals surface area contributed by atoms with Crippen LogP contribution in [0.15, 0.2) is 57.7 Å². The molecule has 1 atom stereocenters. The highest BCUT2D eigenvalue weighted by molar-refractivity contribution is 7.98. The van der Waals surface area contributed by atoms with Gasteiger partial charge in [0, 0.05) is 17.6 Å². The van der Waals surface area contributed by atoms with Gasteiger partial charge in [-0.2, -0.15) is 11.8 Å². The van der Waals surface area contributed by atoms with Gasteiger partial charge in [0.25, 0.3) is 5.91 Å². The van der Waals surface area contributed by atoms with E-state index in [0.717, 1.165) is 29.5 Å². The minimum absolute atomic E-state index is 0.232. The van der Waals surface area contributed by atoms with E-state index in [-0.39, 0.29) is 12.4 Å². The standard InChI is InChI=1S/C26H29NO6S/c1-3-4-10-19-13-24(29)33-22-12-17(2)11-21(25(19)22)32-14-23(28)27-20(26(30)31)16-34-15-18-8-6-5-7-9-18/h5-9,11-13,20H,3-4,10,14-16H2,1-2H3,(H,27,28)(H,30,31)/t20-/m0/s1. The topological polar surface area (TPSA) is 106 Å². The molecule has 1 amide bonds. The van der Waals surface area contributed by atoms with Crippen LogP contribution in [-0.4, -0.2) is 35.4 Å². The molecule has 0 unspecified atom stereocenters. The Morgan fingerprint density at radius 2 is 1.94 bits per heavy atom. The first-order chi connectivity index (χ1) is 16.4. The first-order valence-corrected chi connectivity index (χ1v) is 12.4. The molecule has 2 aromatic carbocycles. The number of unbranched alkanes of at least 4 members (excludes halogenated alkanes) is 1. The maximum absolute atomic E-state index is 12.5. The van der Waals surface area contributed by atoms with Gasteiger partial charge >= 0.3 is 11.6 Å². The van der Waals surface area contributed by atoms with Gasteiger partial charge in [0.05, 0.1) is 5.39 Å². The molecule has 3 aromatic rings. The third-order valence-electron chi connectivity index (χ3n) is 5.22. The minimum Gasteiger partial charge on any atom is -0.483 e. The monoisotopic (exact) mass is 483 g/mol. The highest BCUT2D eigenvalue weighted by Crippen LogP contribution is 2.30. The lowest BCUT2D eigenvalue weighted by Gasteiger charge is -2.16. The molecule has 0 bridgehead atoms. The molecule has 0 aliphatic carbocycles. The summed E-state index contributed by atoms with van der Waals surface area (Å²) in [6, 6.07) is 13.7. The molecule has 180 valence electrons. The van der Waals surface area contributed by atoms with Crippen molar-refractivity contribution in [1.29, 1.82) is 0 Å². The predicted molar refractivity (Wildman–Crippen MR) is 133 cm³/mol. The van der Waals surface area contributed by atoms with Crippen LogP contribution in [0.2, 0.25) is 0 Å². The number of rotatable bonds is 12. The fourth-order valence-corrected chi connectivity index (χ4v) is 4.58. The van der Waals surface area contributed by atoms with Crippen LogP contribution in [-0.2, 0) is 21.8 Å². The fourth-order valence-electron chi connectivity index (χ4n) is 3.57. The second-order valence-electron chi connectivity index (χ2n) is 8.08. The SMILES string of the molecule is CCCCc1cc(=O)oc2cc(C)cc(OCC(=O)N[C@@H](CSCc3ccccc3)C(=O)O)c12. The lowest BCUT2D eigenvalue weighted by Crippen LogP contribution is -2.44. The number of hydrogen-bond acceptors (Lipinski definition) is 6. The highest BCUT2D eigenvalue weighted by Gasteiger charge is 2.21. The Bertz CT molecular complexity index is 1190. The van der Waals surface area contributed by atoms with Crippen LogP contribution in [0.4, 0.5) is 0 Å². The molecule has 0 aliphatic heterocycles. The zero-order valence-corrected chi connectivity index (χ0v) is 20.2. The van der Waals surface area contributed by atoms with Crippen molar-refractivity contribution in [3.63, 3.8) is 0 Å². The zero-order valence-electron chi connectivity index (χ0n) is 19.3. The van der Waals surface area contributed by atoms with E-state index in [1.165, 1.54) is 17.8 Å². The van der Waals surface area contributed by atoms with Gasteiger partial charge in [0.2, 0.25) is 0 Å². The molecule has 0 fully saturated rings. The third kappa shape index (κ3) is 7.12. The van der Waals surface area contributed by atoms with E-state index in [1.807, 2.05) is 37.3 Å². The number of hydrogen-bond donors (Lipinski definition) is 2. The van der Waals surface area contributed by atoms with Crippen molar-refractivity contribution >= 4 is 34.6 Å². The number of carbonyl (C=O) groups excluding carboxylic acids is 1. The van der Waals surface area contributed by atoms with Gasteiger partial charge in [-0.25, -0.2) is 9.59 Å². The van der Waals surface area contributed by atoms with Crippen LogP contribution >= 0.6 is 11.8 Å². The van der Waals surface area contributed by atoms with E-state index >= 15 is 0 Å². The molecule has 0 saturated carbocycles. The average Bonchev–Trinajstić information content (AvgIpc) is 2.80. The molecule has 1 heterocycles. The Morgan fingerprint density at radius 3 is 2.65 bits per heavy atom. The number of carboxylic acid groups (broad SMARTS) is 1. The van der Waals surface area contributed by atoms with Crippen molar-refractivity contribution in [2.45, 2.75) is 44.9 Å². The van der Waals surface area contributed by atoms with Crippen molar-refractivity contribution in [3.8, 4) is 5.75 Å². The Labute approximate surface area is 202 Å². The predicted octanol–water partition coefficient (Wildman–Crippen LogP) is 4.33. The molecule has 0 aliphatic rings. The van der Waals surface area contributed by atoms with Crippen LogP contribution in [0.3, 0.4) is 0 Å². The summed E-state index contributed by atoms with van der Waals surface area (Å²) in [5, 5.41) is 12.7. The number of ether oxygens (including phenoxy) is 1. The van der Waals surface area contributed by atoms with Gasteiger partial charge in [-0.1, -0.05) is 43.7 Å². The number of aliphatic carboxylic acids is 1. The fraction of sp³-hybridized carbons (Fsp3) is 0.346. The van der Waals surface area contributed by atoms with Crippen molar-refractivity contribution in [2.75, 3.05) is 12.4 Å². The summed E-state index contributed by atoms with van der Waals surface area (Å²) in [5.74, 6) is -0.313. The van der Waals surface area contributed by atoms with E-state index in [4.69, 9.17) is 9.15 Å². The molecule has 0 spiro atoms. The normalized spacial score (nSPS) is 11.8. The largest absolute Gasteiger partial charge is 0.483 e. The number of thioether (sulfide) groups is 1. The summed E-state index contributed by atoms with van der Waals surface area (Å²) in [5.41, 5.74) is 2.70. The van der Waals surface area contributed by atoms with Crippen LogP contribution in [0.5, 0.6) is 5.75 Å². The third-order valence-corrected chi connectivity index (χ3v) is 6.33. The highest BCUT2D eigenvalue weighted by atomic mass is 32.2. The maximum Gasteiger partial charge on any atom is 0.336 e. The molecule has 2 N–H and O–H groups in total. The first kappa shape index (κ1) is 25.4. The lowest BCUT2D eigenvalue weighted by molar-refractivity contribution is -0.141. The number of amides is 1. The van der Waals surface area contributed by atoms with E-state index < -0.39 is 23.5 Å². The number of fused-ring (bicyclic) bond motifs is 1. The van der Waals surface area contributed by atoms with Crippen molar-refractivity contribution in [2.24, 2.45) is 0 Å². The number of carboxylic acids is 1. The molecular weight excluding hydrogens is 454 g/mol. The second-order valence-corrected chi connectivity index (χ2v) is 9.11. The Morgan fingerprint density at radius 1 is 1.18 bits per heavy atom. The molecule has 34 heavy (non-hydrogen) atoms. The molecular formula is C26H29NO6S. The van der Waals surface area contributed by atoms with Gasteiger partial charge in [-0.3, -0.25) is 4.79 Å². The average molecular weight is 484 g/mol. The van der Waals surface area contributed by atoms with Gasteiger partial charge < -0.3 is 19.6 Å². The molecule has 8 heteroatoms.